The van der Waals surface area contributed by atoms with Gasteiger partial charge in [-0.15, -0.1) is 57.2 Å². The van der Waals surface area contributed by atoms with E-state index in [-0.39, 0.29) is 105 Å². The van der Waals surface area contributed by atoms with Gasteiger partial charge in [-0.2, -0.15) is 0 Å². The number of thiazole rings is 3. The second-order valence-electron chi connectivity index (χ2n) is 34.6. The molecule has 778 valence electrons. The molecule has 4 aliphatic rings. The van der Waals surface area contributed by atoms with Crippen molar-refractivity contribution >= 4 is 229 Å². The predicted molar refractivity (Wildman–Crippen MR) is 578 cm³/mol. The second-order valence-corrected chi connectivity index (χ2v) is 46.6. The van der Waals surface area contributed by atoms with Gasteiger partial charge in [-0.05, 0) is 266 Å². The van der Waals surface area contributed by atoms with E-state index in [1.54, 1.807) is 155 Å². The van der Waals surface area contributed by atoms with Gasteiger partial charge in [-0.3, -0.25) is 59.7 Å². The maximum atomic E-state index is 13.2. The first-order valence-electron chi connectivity index (χ1n) is 44.6. The smallest absolute Gasteiger partial charge is 0.412 e. The maximum Gasteiger partial charge on any atom is 0.412 e. The van der Waals surface area contributed by atoms with E-state index < -0.39 is 100 Å². The van der Waals surface area contributed by atoms with Crippen molar-refractivity contribution in [1.82, 2.24) is 55.8 Å². The number of fused-ring (bicyclic) bond motifs is 6. The zero-order valence-electron chi connectivity index (χ0n) is 81.0. The van der Waals surface area contributed by atoms with E-state index in [2.05, 4.69) is 120 Å². The Kier molecular flexibility index (Phi) is 40.3. The van der Waals surface area contributed by atoms with E-state index in [4.69, 9.17) is 65.2 Å². The van der Waals surface area contributed by atoms with Crippen LogP contribution in [0, 0.1) is 6.92 Å². The van der Waals surface area contributed by atoms with Crippen LogP contribution in [-0.2, 0) is 68.1 Å². The fraction of sp³-hybridized carbons (Fsp3) is 0.210. The number of nitrogen functional groups attached to an aromatic ring is 2. The van der Waals surface area contributed by atoms with Gasteiger partial charge in [0.1, 0.15) is 36.0 Å². The minimum absolute atomic E-state index is 0.0367. The van der Waals surface area contributed by atoms with Crippen LogP contribution in [-0.4, -0.2) is 154 Å². The van der Waals surface area contributed by atoms with Gasteiger partial charge >= 0.3 is 18.3 Å². The number of hydrogen-bond acceptors (Lipinski definition) is 32. The average Bonchev–Trinajstić information content (AvgIpc) is 1.63. The molecule has 38 nitrogen and oxygen atoms in total. The Morgan fingerprint density at radius 2 is 0.711 bits per heavy atom. The molecule has 0 unspecified atom stereocenters. The van der Waals surface area contributed by atoms with Crippen LogP contribution in [0.4, 0.5) is 59.9 Å². The molecule has 0 saturated carbocycles. The Hall–Kier alpha value is -14.2. The average molecular weight is 2330 g/mol. The third kappa shape index (κ3) is 33.9. The van der Waals surface area contributed by atoms with Gasteiger partial charge in [0.2, 0.25) is 29.5 Å². The summed E-state index contributed by atoms with van der Waals surface area (Å²) in [4.78, 5) is 145. The molecule has 0 bridgehead atoms. The largest absolute Gasteiger partial charge is 0.444 e. The lowest BCUT2D eigenvalue weighted by Gasteiger charge is -2.19. The Morgan fingerprint density at radius 3 is 1.01 bits per heavy atom. The number of anilines is 8. The molecule has 1 fully saturated rings. The number of sulfone groups is 3. The van der Waals surface area contributed by atoms with Gasteiger partial charge < -0.3 is 62.3 Å². The van der Waals surface area contributed by atoms with Gasteiger partial charge in [-0.25, -0.2) is 64.6 Å². The van der Waals surface area contributed by atoms with E-state index in [9.17, 15) is 68.4 Å². The third-order valence-electron chi connectivity index (χ3n) is 19.6. The number of carbonyl (C=O) groups excluding carboxylic acids is 9. The van der Waals surface area contributed by atoms with Crippen molar-refractivity contribution in [3.8, 4) is 21.4 Å². The number of aromatic nitrogens is 8. The van der Waals surface area contributed by atoms with Gasteiger partial charge in [0, 0.05) is 68.8 Å². The predicted octanol–water partition coefficient (Wildman–Crippen LogP) is 20.7. The first-order valence-corrected chi connectivity index (χ1v) is 54.5. The number of halogens is 5. The van der Waals surface area contributed by atoms with Crippen molar-refractivity contribution < 1.29 is 87.4 Å². The first-order chi connectivity index (χ1) is 70.5. The summed E-state index contributed by atoms with van der Waals surface area (Å²) in [5.74, 6) is -2.96. The minimum atomic E-state index is -3.96. The summed E-state index contributed by atoms with van der Waals surface area (Å²) in [7, 11) is -11.8. The number of nitrogens with one attached hydrogen (secondary N) is 9. The standard InChI is InChI=1S/C28H25N5O6S2.C23H17N5O4S2.C18H12ClN3O4S2.C11H16N2O2.C10H13BrN2O2.C5H5BrN2.C4H8O.CH2Cl2/c1-28(2,3)39-27(36)32-17-9-10-20(29-13-17)26-31-15-18(40-26)14-30-24(34)16-8-11-23-21(12-16)33-25(35)19-6-4-5-7-22(19)41(23,37)38;24-14-6-7-17(25-10-14)23-27-12-15(33-23)11-26-21(29)13-5-8-20-18(9-13)28-22(30)16-3-1-2-4-19(16)34(20,31)32;19-18-21-9-11(27-18)8-20-16(23)10-5-6-15-13(7-10)22-17(24)12-3-1-2-4-14(12)28(15,25)26;1-8-5-6-9(7-12-8)13-10(14)15-11(2,3)4;1-10(2,3)15-9(14)13-7-4-5-8(11)12-6-7;6-5-2-1-4(7)3-8-5;1-2-4-5-3-1;2-1-3/h4-13,15H,14H2,1-3H3,(H,30,34)(H,32,36)(H,33,35);1-10,12H,11,24H2,(H,26,29)(H,28,30);1-7,9H,8H2,(H,20,23)(H,22,24);5-7H,1-4H3,(H,13,14);4-6H,1-3H3,(H,13,14);1-3H,7H2;1-4H2;1H2. The number of pyridine rings is 5. The van der Waals surface area contributed by atoms with E-state index >= 15 is 0 Å². The fourth-order valence-electron chi connectivity index (χ4n) is 13.1. The van der Waals surface area contributed by atoms with Crippen molar-refractivity contribution in [2.24, 2.45) is 0 Å². The number of amides is 9. The quantitative estimate of drug-likeness (QED) is 0.0274. The van der Waals surface area contributed by atoms with Gasteiger partial charge in [0.25, 0.3) is 35.4 Å². The van der Waals surface area contributed by atoms with Crippen molar-refractivity contribution in [2.45, 2.75) is 148 Å². The van der Waals surface area contributed by atoms with E-state index in [1.165, 1.54) is 144 Å². The first kappa shape index (κ1) is 115. The normalized spacial score (nSPS) is 13.2. The summed E-state index contributed by atoms with van der Waals surface area (Å²) in [6, 6.07) is 47.8. The highest BCUT2D eigenvalue weighted by atomic mass is 79.9. The third-order valence-corrected chi connectivity index (χ3v) is 29.3. The van der Waals surface area contributed by atoms with Crippen molar-refractivity contribution in [3.63, 3.8) is 0 Å². The molecule has 13 N–H and O–H groups in total. The molecule has 0 spiro atoms. The minimum Gasteiger partial charge on any atom is -0.444 e. The highest BCUT2D eigenvalue weighted by molar-refractivity contribution is 9.10. The SMILES string of the molecule is C1CCOC1.CC(C)(C)OC(=O)Nc1ccc(-c2ncc(CNC(=O)c3ccc4c(c3)NC(=O)c3ccccc3S4(=O)=O)s2)nc1.CC(C)(C)OC(=O)Nc1ccc(Br)nc1.Cc1ccc(NC(=O)OC(C)(C)C)cn1.ClCCl.Nc1ccc(-c2ncc(CNC(=O)c3ccc4c(c3)NC(=O)c3ccccc3S4(=O)=O)s2)nc1.Nc1ccc(Br)nc1.O=C(NCc1cnc(Cl)s1)c1ccc2c(c1)NC(=O)c1ccccc1S2(=O)=O. The van der Waals surface area contributed by atoms with Crippen LogP contribution in [0.25, 0.3) is 21.4 Å². The lowest BCUT2D eigenvalue weighted by molar-refractivity contribution is 0.0624. The Labute approximate surface area is 901 Å². The van der Waals surface area contributed by atoms with Gasteiger partial charge in [0.15, 0.2) is 4.47 Å². The molecule has 12 heterocycles. The molecule has 4 aliphatic heterocycles. The molecule has 49 heteroatoms. The second kappa shape index (κ2) is 52.1. The summed E-state index contributed by atoms with van der Waals surface area (Å²) >= 11 is 25.6. The molecule has 8 aromatic heterocycles. The summed E-state index contributed by atoms with van der Waals surface area (Å²) in [5, 5.41) is 25.4. The zero-order chi connectivity index (χ0) is 108. The van der Waals surface area contributed by atoms with Crippen LogP contribution in [0.5, 0.6) is 0 Å². The monoisotopic (exact) mass is 2320 g/mol. The Balaban J connectivity index is 0.000000177. The van der Waals surface area contributed by atoms with Gasteiger partial charge in [-0.1, -0.05) is 48.0 Å². The summed E-state index contributed by atoms with van der Waals surface area (Å²) in [6.45, 7) is 20.7. The number of ether oxygens (including phenoxy) is 4. The fourth-order valence-corrected chi connectivity index (χ4v) is 20.9. The molecule has 0 atom stereocenters. The van der Waals surface area contributed by atoms with Crippen LogP contribution >= 0.6 is 101 Å². The lowest BCUT2D eigenvalue weighted by Crippen LogP contribution is -2.27. The topological polar surface area (TPSA) is 556 Å². The van der Waals surface area contributed by atoms with Crippen LogP contribution in [0.15, 0.2) is 276 Å². The zero-order valence-corrected chi connectivity index (χ0v) is 91.3. The van der Waals surface area contributed by atoms with E-state index in [0.717, 1.165) is 42.7 Å². The molecule has 14 aromatic rings. The van der Waals surface area contributed by atoms with Gasteiger partial charge in [0.05, 0.1) is 159 Å². The van der Waals surface area contributed by atoms with Crippen LogP contribution in [0.3, 0.4) is 0 Å². The number of nitrogens with zero attached hydrogens (tertiary/aromatic N) is 8. The maximum absolute atomic E-state index is 13.2. The number of alkyl halides is 2. The highest BCUT2D eigenvalue weighted by Gasteiger charge is 2.36. The molecule has 0 aliphatic carbocycles. The number of aryl methyl sites for hydroxylation is 1. The van der Waals surface area contributed by atoms with Crippen molar-refractivity contribution in [2.75, 3.05) is 61.9 Å². The molecular weight excluding hydrogens is 2230 g/mol. The molecule has 0 radical (unpaired) electrons. The number of rotatable bonds is 14. The molecule has 149 heavy (non-hydrogen) atoms. The molecule has 18 rings (SSSR count). The van der Waals surface area contributed by atoms with Crippen LogP contribution in [0.1, 0.15) is 158 Å². The van der Waals surface area contributed by atoms with E-state index in [0.29, 0.717) is 54.3 Å². The van der Waals surface area contributed by atoms with Crippen LogP contribution in [0.2, 0.25) is 4.47 Å². The lowest BCUT2D eigenvalue weighted by atomic mass is 10.1. The Morgan fingerprint density at radius 1 is 0.396 bits per heavy atom. The Bertz CT molecular complexity index is 7470. The van der Waals surface area contributed by atoms with Crippen molar-refractivity contribution in [1.29, 1.82) is 0 Å². The molecule has 1 saturated heterocycles. The van der Waals surface area contributed by atoms with Crippen molar-refractivity contribution in [3.05, 3.63) is 305 Å². The van der Waals surface area contributed by atoms with E-state index in [1.807, 2.05) is 54.5 Å². The highest BCUT2D eigenvalue weighted by Crippen LogP contribution is 2.39. The summed E-state index contributed by atoms with van der Waals surface area (Å²) < 4.78 is 101. The summed E-state index contributed by atoms with van der Waals surface area (Å²) in [5.41, 5.74) is 15.5. The number of carbonyl (C=O) groups is 9. The molecule has 9 amide bonds. The van der Waals surface area contributed by atoms with Crippen LogP contribution < -0.4 is 59.3 Å². The number of benzene rings is 6. The summed E-state index contributed by atoms with van der Waals surface area (Å²) in [6.07, 6.45) is 13.7. The molecular formula is C100H98Br2Cl3N19O19S6. The number of hydrogen-bond donors (Lipinski definition) is 11. The number of nitrogens with two attached hydrogens (primary N) is 2. The molecule has 6 aromatic carbocycles.